The fourth-order valence-corrected chi connectivity index (χ4v) is 6.85. The van der Waals surface area contributed by atoms with Gasteiger partial charge in [0.25, 0.3) is 10.0 Å². The Kier molecular flexibility index (Phi) is 12.3. The van der Waals surface area contributed by atoms with E-state index < -0.39 is 28.5 Å². The van der Waals surface area contributed by atoms with Crippen LogP contribution in [-0.4, -0.2) is 44.3 Å². The third kappa shape index (κ3) is 9.01. The van der Waals surface area contributed by atoms with Gasteiger partial charge in [-0.15, -0.1) is 0 Å². The Morgan fingerprint density at radius 1 is 0.800 bits per heavy atom. The standard InChI is InChI=1S/C34H34Cl3N3O4S/c1-2-3-21-38-34(42)32(22-25-11-6-4-7-12-25)39(23-29-30(36)15-10-16-31(29)37)33(41)24-40(27-19-17-26(35)18-20-27)45(43,44)28-13-8-5-9-14-28/h4-20,32H,2-3,21-24H2,1H3,(H,38,42)/t32-/m1/s1. The van der Waals surface area contributed by atoms with Gasteiger partial charge >= 0.3 is 0 Å². The molecule has 0 bridgehead atoms. The number of carbonyl (C=O) groups is 2. The SMILES string of the molecule is CCCCNC(=O)[C@@H](Cc1ccccc1)N(Cc1c(Cl)cccc1Cl)C(=O)CN(c1ccc(Cl)cc1)S(=O)(=O)c1ccccc1. The topological polar surface area (TPSA) is 86.8 Å². The molecule has 0 spiro atoms. The molecule has 7 nitrogen and oxygen atoms in total. The van der Waals surface area contributed by atoms with E-state index >= 15 is 0 Å². The van der Waals surface area contributed by atoms with Crippen LogP contribution in [-0.2, 0) is 32.6 Å². The number of hydrogen-bond donors (Lipinski definition) is 1. The molecule has 236 valence electrons. The maximum atomic E-state index is 14.5. The number of sulfonamides is 1. The zero-order valence-corrected chi connectivity index (χ0v) is 27.8. The molecule has 45 heavy (non-hydrogen) atoms. The lowest BCUT2D eigenvalue weighted by Gasteiger charge is -2.34. The molecule has 0 unspecified atom stereocenters. The van der Waals surface area contributed by atoms with E-state index in [9.17, 15) is 18.0 Å². The predicted molar refractivity (Wildman–Crippen MR) is 181 cm³/mol. The van der Waals surface area contributed by atoms with Crippen molar-refractivity contribution in [3.8, 4) is 0 Å². The lowest BCUT2D eigenvalue weighted by molar-refractivity contribution is -0.140. The predicted octanol–water partition coefficient (Wildman–Crippen LogP) is 7.40. The first-order valence-corrected chi connectivity index (χ1v) is 17.1. The van der Waals surface area contributed by atoms with Crippen LogP contribution in [0.2, 0.25) is 15.1 Å². The molecular formula is C34H34Cl3N3O4S. The highest BCUT2D eigenvalue weighted by Crippen LogP contribution is 2.29. The molecule has 11 heteroatoms. The zero-order valence-electron chi connectivity index (χ0n) is 24.7. The molecule has 1 N–H and O–H groups in total. The van der Waals surface area contributed by atoms with E-state index in [1.807, 2.05) is 37.3 Å². The summed E-state index contributed by atoms with van der Waals surface area (Å²) in [6.07, 6.45) is 1.81. The Bertz CT molecular complexity index is 1670. The lowest BCUT2D eigenvalue weighted by Crippen LogP contribution is -2.53. The van der Waals surface area contributed by atoms with Crippen LogP contribution in [0.15, 0.2) is 108 Å². The highest BCUT2D eigenvalue weighted by Gasteiger charge is 2.35. The van der Waals surface area contributed by atoms with Gasteiger partial charge in [0, 0.05) is 40.1 Å². The van der Waals surface area contributed by atoms with Gasteiger partial charge in [-0.1, -0.05) is 103 Å². The molecule has 0 heterocycles. The van der Waals surface area contributed by atoms with Crippen LogP contribution >= 0.6 is 34.8 Å². The summed E-state index contributed by atoms with van der Waals surface area (Å²) in [6, 6.07) is 27.3. The second-order valence-electron chi connectivity index (χ2n) is 10.4. The second kappa shape index (κ2) is 16.1. The third-order valence-electron chi connectivity index (χ3n) is 7.22. The van der Waals surface area contributed by atoms with Crippen molar-refractivity contribution in [1.82, 2.24) is 10.2 Å². The Morgan fingerprint density at radius 2 is 1.40 bits per heavy atom. The minimum atomic E-state index is -4.22. The van der Waals surface area contributed by atoms with E-state index in [1.165, 1.54) is 29.2 Å². The third-order valence-corrected chi connectivity index (χ3v) is 9.96. The summed E-state index contributed by atoms with van der Waals surface area (Å²) < 4.78 is 29.0. The van der Waals surface area contributed by atoms with Crippen molar-refractivity contribution in [2.24, 2.45) is 0 Å². The summed E-state index contributed by atoms with van der Waals surface area (Å²) >= 11 is 19.2. The Labute approximate surface area is 279 Å². The minimum absolute atomic E-state index is 0.00610. The number of benzene rings is 4. The van der Waals surface area contributed by atoms with Gasteiger partial charge in [0.2, 0.25) is 11.8 Å². The van der Waals surface area contributed by atoms with Crippen molar-refractivity contribution in [3.63, 3.8) is 0 Å². The lowest BCUT2D eigenvalue weighted by atomic mass is 10.0. The second-order valence-corrected chi connectivity index (χ2v) is 13.5. The van der Waals surface area contributed by atoms with Crippen molar-refractivity contribution >= 4 is 62.3 Å². The molecule has 4 aromatic rings. The number of unbranched alkanes of at least 4 members (excludes halogenated alkanes) is 1. The first-order chi connectivity index (χ1) is 21.6. The van der Waals surface area contributed by atoms with Crippen LogP contribution in [0.25, 0.3) is 0 Å². The average Bonchev–Trinajstić information content (AvgIpc) is 3.04. The number of hydrogen-bond acceptors (Lipinski definition) is 4. The largest absolute Gasteiger partial charge is 0.354 e. The zero-order chi connectivity index (χ0) is 32.4. The van der Waals surface area contributed by atoms with Crippen molar-refractivity contribution in [1.29, 1.82) is 0 Å². The Balaban J connectivity index is 1.81. The van der Waals surface area contributed by atoms with Gasteiger partial charge in [-0.2, -0.15) is 0 Å². The molecule has 1 atom stereocenters. The number of nitrogens with one attached hydrogen (secondary N) is 1. The summed E-state index contributed by atoms with van der Waals surface area (Å²) in [6.45, 7) is 1.71. The molecule has 0 aromatic heterocycles. The molecule has 2 amide bonds. The van der Waals surface area contributed by atoms with Crippen molar-refractivity contribution in [3.05, 3.63) is 129 Å². The Hall–Kier alpha value is -3.56. The molecule has 0 saturated carbocycles. The van der Waals surface area contributed by atoms with Crippen molar-refractivity contribution < 1.29 is 18.0 Å². The van der Waals surface area contributed by atoms with Crippen LogP contribution in [0, 0.1) is 0 Å². The quantitative estimate of drug-likeness (QED) is 0.140. The summed E-state index contributed by atoms with van der Waals surface area (Å²) in [5.41, 5.74) is 1.50. The van der Waals surface area contributed by atoms with E-state index in [0.717, 1.165) is 22.7 Å². The average molecular weight is 687 g/mol. The van der Waals surface area contributed by atoms with Crippen LogP contribution < -0.4 is 9.62 Å². The maximum Gasteiger partial charge on any atom is 0.264 e. The van der Waals surface area contributed by atoms with Gasteiger partial charge < -0.3 is 10.2 Å². The first-order valence-electron chi connectivity index (χ1n) is 14.5. The van der Waals surface area contributed by atoms with Gasteiger partial charge in [-0.05, 0) is 60.5 Å². The number of carbonyl (C=O) groups excluding carboxylic acids is 2. The molecular weight excluding hydrogens is 653 g/mol. The smallest absolute Gasteiger partial charge is 0.264 e. The highest BCUT2D eigenvalue weighted by molar-refractivity contribution is 7.92. The number of halogens is 3. The van der Waals surface area contributed by atoms with Crippen LogP contribution in [0.4, 0.5) is 5.69 Å². The van der Waals surface area contributed by atoms with Gasteiger partial charge in [-0.25, -0.2) is 8.42 Å². The molecule has 0 saturated heterocycles. The van der Waals surface area contributed by atoms with Crippen molar-refractivity contribution in [2.45, 2.75) is 43.7 Å². The molecule has 0 aliphatic rings. The fourth-order valence-electron chi connectivity index (χ4n) is 4.77. The summed E-state index contributed by atoms with van der Waals surface area (Å²) in [7, 11) is -4.22. The molecule has 4 rings (SSSR count). The molecule has 0 fully saturated rings. The Morgan fingerprint density at radius 3 is 2.00 bits per heavy atom. The normalized spacial score (nSPS) is 11.9. The van der Waals surface area contributed by atoms with Crippen LogP contribution in [0.1, 0.15) is 30.9 Å². The first kappa shape index (κ1) is 34.3. The van der Waals surface area contributed by atoms with Gasteiger partial charge in [-0.3, -0.25) is 13.9 Å². The summed E-state index contributed by atoms with van der Waals surface area (Å²) in [4.78, 5) is 29.7. The number of nitrogens with zero attached hydrogens (tertiary/aromatic N) is 2. The highest BCUT2D eigenvalue weighted by atomic mass is 35.5. The van der Waals surface area contributed by atoms with Gasteiger partial charge in [0.05, 0.1) is 10.6 Å². The summed E-state index contributed by atoms with van der Waals surface area (Å²) in [5.74, 6) is -0.986. The molecule has 0 radical (unpaired) electrons. The fraction of sp³-hybridized carbons (Fsp3) is 0.235. The van der Waals surface area contributed by atoms with Crippen LogP contribution in [0.5, 0.6) is 0 Å². The van der Waals surface area contributed by atoms with E-state index in [1.54, 1.807) is 48.5 Å². The monoisotopic (exact) mass is 685 g/mol. The number of anilines is 1. The maximum absolute atomic E-state index is 14.5. The molecule has 0 aliphatic carbocycles. The molecule has 4 aromatic carbocycles. The van der Waals surface area contributed by atoms with Gasteiger partial charge in [0.1, 0.15) is 12.6 Å². The van der Waals surface area contributed by atoms with E-state index in [-0.39, 0.29) is 29.5 Å². The molecule has 0 aliphatic heterocycles. The van der Waals surface area contributed by atoms with E-state index in [4.69, 9.17) is 34.8 Å². The van der Waals surface area contributed by atoms with E-state index in [2.05, 4.69) is 5.32 Å². The summed E-state index contributed by atoms with van der Waals surface area (Å²) in [5, 5.41) is 4.00. The van der Waals surface area contributed by atoms with E-state index in [0.29, 0.717) is 27.2 Å². The minimum Gasteiger partial charge on any atom is -0.354 e. The number of amides is 2. The van der Waals surface area contributed by atoms with Crippen molar-refractivity contribution in [2.75, 3.05) is 17.4 Å². The van der Waals surface area contributed by atoms with Crippen LogP contribution in [0.3, 0.4) is 0 Å². The number of rotatable bonds is 14. The van der Waals surface area contributed by atoms with Gasteiger partial charge in [0.15, 0.2) is 0 Å².